The van der Waals surface area contributed by atoms with Gasteiger partial charge in [-0.15, -0.1) is 0 Å². The third-order valence-corrected chi connectivity index (χ3v) is 2.79. The zero-order valence-electron chi connectivity index (χ0n) is 11.0. The van der Waals surface area contributed by atoms with Crippen molar-refractivity contribution < 1.29 is 9.59 Å². The second-order valence-corrected chi connectivity index (χ2v) is 4.89. The second-order valence-electron chi connectivity index (χ2n) is 4.89. The molecule has 5 heteroatoms. The molecule has 17 heavy (non-hydrogen) atoms. The fraction of sp³-hybridized carbons (Fsp3) is 0.833. The Bertz CT molecular complexity index is 277. The Morgan fingerprint density at radius 1 is 1.29 bits per heavy atom. The Hall–Kier alpha value is -1.10. The summed E-state index contributed by atoms with van der Waals surface area (Å²) in [5, 5.41) is 5.77. The zero-order valence-corrected chi connectivity index (χ0v) is 11.0. The highest BCUT2D eigenvalue weighted by molar-refractivity contribution is 5.81. The highest BCUT2D eigenvalue weighted by atomic mass is 16.2. The number of rotatable bonds is 7. The van der Waals surface area contributed by atoms with Gasteiger partial charge in [-0.25, -0.2) is 0 Å². The second kappa shape index (κ2) is 6.59. The molecule has 1 aliphatic rings. The van der Waals surface area contributed by atoms with Gasteiger partial charge in [0, 0.05) is 12.1 Å². The maximum atomic E-state index is 11.6. The molecule has 0 aromatic heterocycles. The molecule has 2 amide bonds. The zero-order chi connectivity index (χ0) is 12.8. The predicted molar refractivity (Wildman–Crippen MR) is 66.6 cm³/mol. The molecule has 0 saturated heterocycles. The van der Waals surface area contributed by atoms with Crippen LogP contribution >= 0.6 is 0 Å². The molecule has 1 fully saturated rings. The minimum Gasteiger partial charge on any atom is -0.353 e. The molecule has 0 unspecified atom stereocenters. The Labute approximate surface area is 103 Å². The molecule has 1 aliphatic carbocycles. The van der Waals surface area contributed by atoms with Crippen molar-refractivity contribution in [3.8, 4) is 0 Å². The van der Waals surface area contributed by atoms with Gasteiger partial charge in [0.1, 0.15) is 0 Å². The molecule has 0 aliphatic heterocycles. The van der Waals surface area contributed by atoms with Crippen LogP contribution in [-0.4, -0.2) is 48.9 Å². The Morgan fingerprint density at radius 3 is 2.41 bits per heavy atom. The number of carbonyl (C=O) groups excluding carboxylic acids is 2. The summed E-state index contributed by atoms with van der Waals surface area (Å²) in [4.78, 5) is 24.8. The van der Waals surface area contributed by atoms with Gasteiger partial charge in [0.05, 0.1) is 13.1 Å². The number of nitrogens with one attached hydrogen (secondary N) is 2. The molecule has 0 radical (unpaired) electrons. The first-order valence-electron chi connectivity index (χ1n) is 6.28. The van der Waals surface area contributed by atoms with Crippen LogP contribution in [0.4, 0.5) is 0 Å². The molecule has 2 N–H and O–H groups in total. The fourth-order valence-corrected chi connectivity index (χ4v) is 1.47. The average Bonchev–Trinajstić information content (AvgIpc) is 3.00. The van der Waals surface area contributed by atoms with E-state index in [0.29, 0.717) is 6.04 Å². The molecular weight excluding hydrogens is 218 g/mol. The minimum absolute atomic E-state index is 0.00587. The minimum atomic E-state index is -0.0268. The van der Waals surface area contributed by atoms with Gasteiger partial charge in [-0.1, -0.05) is 6.92 Å². The highest BCUT2D eigenvalue weighted by Gasteiger charge is 2.23. The fourth-order valence-electron chi connectivity index (χ4n) is 1.47. The van der Waals surface area contributed by atoms with Crippen LogP contribution in [0, 0.1) is 0 Å². The van der Waals surface area contributed by atoms with Crippen LogP contribution in [0.15, 0.2) is 0 Å². The summed E-state index contributed by atoms with van der Waals surface area (Å²) >= 11 is 0. The molecule has 0 aromatic rings. The number of amides is 2. The SMILES string of the molecule is CC[C@@H](C)NC(=O)CN(C)CC(=O)NC1CC1. The van der Waals surface area contributed by atoms with Gasteiger partial charge < -0.3 is 10.6 Å². The van der Waals surface area contributed by atoms with Gasteiger partial charge in [-0.3, -0.25) is 14.5 Å². The van der Waals surface area contributed by atoms with E-state index in [4.69, 9.17) is 0 Å². The first kappa shape index (κ1) is 14.0. The summed E-state index contributed by atoms with van der Waals surface area (Å²) in [5.41, 5.74) is 0. The monoisotopic (exact) mass is 241 g/mol. The average molecular weight is 241 g/mol. The van der Waals surface area contributed by atoms with Crippen molar-refractivity contribution in [3.05, 3.63) is 0 Å². The van der Waals surface area contributed by atoms with Gasteiger partial charge in [0.15, 0.2) is 0 Å². The molecule has 1 saturated carbocycles. The standard InChI is InChI=1S/C12H23N3O2/c1-4-9(2)13-11(16)7-15(3)8-12(17)14-10-5-6-10/h9-10H,4-8H2,1-3H3,(H,13,16)(H,14,17)/t9-/m1/s1. The van der Waals surface area contributed by atoms with Crippen molar-refractivity contribution in [1.29, 1.82) is 0 Å². The smallest absolute Gasteiger partial charge is 0.234 e. The van der Waals surface area contributed by atoms with E-state index in [0.717, 1.165) is 19.3 Å². The Kier molecular flexibility index (Phi) is 5.41. The van der Waals surface area contributed by atoms with Crippen molar-refractivity contribution in [2.45, 2.75) is 45.2 Å². The first-order chi connectivity index (χ1) is 8.01. The van der Waals surface area contributed by atoms with Crippen LogP contribution < -0.4 is 10.6 Å². The summed E-state index contributed by atoms with van der Waals surface area (Å²) in [6.07, 6.45) is 3.09. The lowest BCUT2D eigenvalue weighted by Gasteiger charge is -2.17. The molecule has 0 bridgehead atoms. The molecule has 1 rings (SSSR count). The van der Waals surface area contributed by atoms with Crippen molar-refractivity contribution in [2.24, 2.45) is 0 Å². The number of hydrogen-bond acceptors (Lipinski definition) is 3. The van der Waals surface area contributed by atoms with E-state index in [-0.39, 0.29) is 30.9 Å². The Morgan fingerprint density at radius 2 is 1.88 bits per heavy atom. The van der Waals surface area contributed by atoms with Crippen LogP contribution in [0.2, 0.25) is 0 Å². The van der Waals surface area contributed by atoms with Crippen LogP contribution in [0.25, 0.3) is 0 Å². The third kappa shape index (κ3) is 6.26. The quantitative estimate of drug-likeness (QED) is 0.665. The maximum absolute atomic E-state index is 11.6. The van der Waals surface area contributed by atoms with Crippen LogP contribution in [0.5, 0.6) is 0 Å². The molecule has 0 aromatic carbocycles. The topological polar surface area (TPSA) is 61.4 Å². The molecule has 1 atom stereocenters. The normalized spacial score (nSPS) is 16.7. The lowest BCUT2D eigenvalue weighted by atomic mass is 10.2. The molecular formula is C12H23N3O2. The van der Waals surface area contributed by atoms with Crippen molar-refractivity contribution >= 4 is 11.8 Å². The largest absolute Gasteiger partial charge is 0.353 e. The van der Waals surface area contributed by atoms with Crippen LogP contribution in [-0.2, 0) is 9.59 Å². The highest BCUT2D eigenvalue weighted by Crippen LogP contribution is 2.18. The van der Waals surface area contributed by atoms with E-state index < -0.39 is 0 Å². The number of nitrogens with zero attached hydrogens (tertiary/aromatic N) is 1. The van der Waals surface area contributed by atoms with E-state index in [2.05, 4.69) is 10.6 Å². The third-order valence-electron chi connectivity index (χ3n) is 2.79. The van der Waals surface area contributed by atoms with Gasteiger partial charge in [0.25, 0.3) is 0 Å². The summed E-state index contributed by atoms with van der Waals surface area (Å²) in [5.74, 6) is -0.0209. The van der Waals surface area contributed by atoms with E-state index >= 15 is 0 Å². The number of likely N-dealkylation sites (N-methyl/N-ethyl adjacent to an activating group) is 1. The van der Waals surface area contributed by atoms with Crippen molar-refractivity contribution in [2.75, 3.05) is 20.1 Å². The van der Waals surface area contributed by atoms with E-state index in [1.165, 1.54) is 0 Å². The van der Waals surface area contributed by atoms with Crippen LogP contribution in [0.3, 0.4) is 0 Å². The number of hydrogen-bond donors (Lipinski definition) is 2. The summed E-state index contributed by atoms with van der Waals surface area (Å²) in [6, 6.07) is 0.570. The maximum Gasteiger partial charge on any atom is 0.234 e. The molecule has 0 heterocycles. The molecule has 5 nitrogen and oxygen atoms in total. The summed E-state index contributed by atoms with van der Waals surface area (Å²) < 4.78 is 0. The van der Waals surface area contributed by atoms with Crippen LogP contribution in [0.1, 0.15) is 33.1 Å². The Balaban J connectivity index is 2.16. The first-order valence-corrected chi connectivity index (χ1v) is 6.28. The van der Waals surface area contributed by atoms with Crippen molar-refractivity contribution in [1.82, 2.24) is 15.5 Å². The lowest BCUT2D eigenvalue weighted by molar-refractivity contribution is -0.124. The van der Waals surface area contributed by atoms with Crippen molar-refractivity contribution in [3.63, 3.8) is 0 Å². The van der Waals surface area contributed by atoms with E-state index in [1.807, 2.05) is 13.8 Å². The number of carbonyl (C=O) groups is 2. The molecule has 0 spiro atoms. The van der Waals surface area contributed by atoms with Gasteiger partial charge in [-0.05, 0) is 33.2 Å². The lowest BCUT2D eigenvalue weighted by Crippen LogP contribution is -2.43. The van der Waals surface area contributed by atoms with Gasteiger partial charge >= 0.3 is 0 Å². The molecule has 98 valence electrons. The summed E-state index contributed by atoms with van der Waals surface area (Å²) in [7, 11) is 1.78. The van der Waals surface area contributed by atoms with Gasteiger partial charge in [-0.2, -0.15) is 0 Å². The van der Waals surface area contributed by atoms with Gasteiger partial charge in [0.2, 0.25) is 11.8 Å². The predicted octanol–water partition coefficient (Wildman–Crippen LogP) is 0.112. The summed E-state index contributed by atoms with van der Waals surface area (Å²) in [6.45, 7) is 4.54. The van der Waals surface area contributed by atoms with E-state index in [1.54, 1.807) is 11.9 Å². The van der Waals surface area contributed by atoms with E-state index in [9.17, 15) is 9.59 Å².